The van der Waals surface area contributed by atoms with Crippen molar-refractivity contribution in [2.24, 2.45) is 0 Å². The Morgan fingerprint density at radius 1 is 1.56 bits per heavy atom. The molecule has 1 aliphatic heterocycles. The fourth-order valence-corrected chi connectivity index (χ4v) is 4.93. The Labute approximate surface area is 103 Å². The maximum atomic E-state index is 12.1. The first kappa shape index (κ1) is 11.9. The van der Waals surface area contributed by atoms with Crippen LogP contribution < -0.4 is 0 Å². The molecule has 0 spiro atoms. The number of sulfonamides is 1. The lowest BCUT2D eigenvalue weighted by molar-refractivity contribution is 0.439. The van der Waals surface area contributed by atoms with Crippen LogP contribution in [0.15, 0.2) is 16.3 Å². The molecular formula is C9H9ClN2O2S2. The van der Waals surface area contributed by atoms with Gasteiger partial charge in [-0.3, -0.25) is 0 Å². The van der Waals surface area contributed by atoms with Crippen LogP contribution in [0, 0.1) is 11.3 Å². The summed E-state index contributed by atoms with van der Waals surface area (Å²) in [7, 11) is -3.53. The largest absolute Gasteiger partial charge is 0.253 e. The van der Waals surface area contributed by atoms with Gasteiger partial charge >= 0.3 is 0 Å². The molecule has 7 heteroatoms. The van der Waals surface area contributed by atoms with Gasteiger partial charge in [0.1, 0.15) is 10.3 Å². The normalized spacial score (nSPS) is 22.1. The smallest absolute Gasteiger partial charge is 0.206 e. The summed E-state index contributed by atoms with van der Waals surface area (Å²) in [6.45, 7) is 0.413. The molecule has 0 N–H and O–H groups in total. The zero-order valence-electron chi connectivity index (χ0n) is 8.26. The molecule has 1 saturated heterocycles. The van der Waals surface area contributed by atoms with E-state index in [0.29, 0.717) is 17.3 Å². The quantitative estimate of drug-likeness (QED) is 0.831. The van der Waals surface area contributed by atoms with E-state index in [4.69, 9.17) is 16.9 Å². The third-order valence-electron chi connectivity index (χ3n) is 2.46. The van der Waals surface area contributed by atoms with Crippen molar-refractivity contribution in [2.75, 3.05) is 6.54 Å². The lowest BCUT2D eigenvalue weighted by atomic mass is 10.2. The zero-order valence-corrected chi connectivity index (χ0v) is 10.6. The summed E-state index contributed by atoms with van der Waals surface area (Å²) in [6.07, 6.45) is 1.34. The minimum atomic E-state index is -3.53. The summed E-state index contributed by atoms with van der Waals surface area (Å²) in [6, 6.07) is 4.51. The van der Waals surface area contributed by atoms with Crippen LogP contribution >= 0.6 is 22.9 Å². The van der Waals surface area contributed by atoms with E-state index in [1.807, 2.05) is 6.07 Å². The van der Waals surface area contributed by atoms with Gasteiger partial charge in [-0.1, -0.05) is 11.6 Å². The van der Waals surface area contributed by atoms with Gasteiger partial charge in [0.15, 0.2) is 0 Å². The van der Waals surface area contributed by atoms with E-state index in [1.54, 1.807) is 6.07 Å². The van der Waals surface area contributed by atoms with Crippen molar-refractivity contribution in [2.45, 2.75) is 23.1 Å². The van der Waals surface area contributed by atoms with Gasteiger partial charge in [0.25, 0.3) is 10.0 Å². The van der Waals surface area contributed by atoms with Crippen molar-refractivity contribution < 1.29 is 8.42 Å². The highest BCUT2D eigenvalue weighted by Crippen LogP contribution is 2.31. The summed E-state index contributed by atoms with van der Waals surface area (Å²) in [5.41, 5.74) is 0. The number of thiophene rings is 1. The van der Waals surface area contributed by atoms with E-state index in [0.717, 1.165) is 17.8 Å². The van der Waals surface area contributed by atoms with Crippen molar-refractivity contribution in [1.29, 1.82) is 5.26 Å². The van der Waals surface area contributed by atoms with Crippen LogP contribution in [-0.2, 0) is 10.0 Å². The van der Waals surface area contributed by atoms with Crippen LogP contribution in [-0.4, -0.2) is 25.3 Å². The SMILES string of the molecule is N#CC1CCCN1S(=O)(=O)c1ccc(Cl)s1. The fourth-order valence-electron chi connectivity index (χ4n) is 1.71. The maximum absolute atomic E-state index is 12.1. The van der Waals surface area contributed by atoms with Gasteiger partial charge < -0.3 is 0 Å². The Morgan fingerprint density at radius 3 is 2.88 bits per heavy atom. The highest BCUT2D eigenvalue weighted by Gasteiger charge is 2.36. The molecule has 0 amide bonds. The minimum Gasteiger partial charge on any atom is -0.206 e. The molecule has 4 nitrogen and oxygen atoms in total. The first-order chi connectivity index (χ1) is 7.55. The second-order valence-corrected chi connectivity index (χ2v) is 7.29. The molecule has 0 aromatic carbocycles. The van der Waals surface area contributed by atoms with Crippen molar-refractivity contribution >= 4 is 33.0 Å². The lowest BCUT2D eigenvalue weighted by Gasteiger charge is -2.17. The van der Waals surface area contributed by atoms with Crippen LogP contribution in [0.4, 0.5) is 0 Å². The molecule has 1 aromatic rings. The molecule has 16 heavy (non-hydrogen) atoms. The maximum Gasteiger partial charge on any atom is 0.253 e. The van der Waals surface area contributed by atoms with Gasteiger partial charge in [0.05, 0.1) is 10.4 Å². The Hall–Kier alpha value is -0.610. The van der Waals surface area contributed by atoms with Crippen molar-refractivity contribution in [3.8, 4) is 6.07 Å². The number of halogens is 1. The molecule has 0 saturated carbocycles. The average Bonchev–Trinajstić information content (AvgIpc) is 2.85. The molecule has 0 radical (unpaired) electrons. The molecule has 86 valence electrons. The summed E-state index contributed by atoms with van der Waals surface area (Å²) < 4.78 is 26.2. The van der Waals surface area contributed by atoms with Gasteiger partial charge in [-0.15, -0.1) is 11.3 Å². The van der Waals surface area contributed by atoms with Crippen molar-refractivity contribution in [3.05, 3.63) is 16.5 Å². The fraction of sp³-hybridized carbons (Fsp3) is 0.444. The lowest BCUT2D eigenvalue weighted by Crippen LogP contribution is -2.34. The molecule has 1 fully saturated rings. The third kappa shape index (κ3) is 1.96. The zero-order chi connectivity index (χ0) is 11.8. The predicted octanol–water partition coefficient (Wildman–Crippen LogP) is 2.08. The second-order valence-electron chi connectivity index (χ2n) is 3.46. The topological polar surface area (TPSA) is 61.2 Å². The van der Waals surface area contributed by atoms with Crippen molar-refractivity contribution in [3.63, 3.8) is 0 Å². The number of hydrogen-bond donors (Lipinski definition) is 0. The first-order valence-corrected chi connectivity index (χ1v) is 7.36. The summed E-state index contributed by atoms with van der Waals surface area (Å²) in [4.78, 5) is 0. The van der Waals surface area contributed by atoms with Crippen LogP contribution in [0.3, 0.4) is 0 Å². The number of rotatable bonds is 2. The van der Waals surface area contributed by atoms with Crippen molar-refractivity contribution in [1.82, 2.24) is 4.31 Å². The Kier molecular flexibility index (Phi) is 3.22. The van der Waals surface area contributed by atoms with E-state index in [2.05, 4.69) is 0 Å². The molecule has 1 unspecified atom stereocenters. The van der Waals surface area contributed by atoms with E-state index in [1.165, 1.54) is 10.4 Å². The second kappa shape index (κ2) is 4.34. The molecule has 2 heterocycles. The van der Waals surface area contributed by atoms with Gasteiger partial charge in [0.2, 0.25) is 0 Å². The average molecular weight is 277 g/mol. The predicted molar refractivity (Wildman–Crippen MR) is 61.9 cm³/mol. The molecule has 0 bridgehead atoms. The van der Waals surface area contributed by atoms with Gasteiger partial charge in [-0.05, 0) is 25.0 Å². The number of nitriles is 1. The van der Waals surface area contributed by atoms with Crippen LogP contribution in [0.1, 0.15) is 12.8 Å². The molecule has 1 aliphatic rings. The Balaban J connectivity index is 2.36. The van der Waals surface area contributed by atoms with Gasteiger partial charge in [-0.25, -0.2) is 8.42 Å². The molecule has 2 rings (SSSR count). The summed E-state index contributed by atoms with van der Waals surface area (Å²) in [5, 5.41) is 8.87. The number of hydrogen-bond acceptors (Lipinski definition) is 4. The van der Waals surface area contributed by atoms with Crippen LogP contribution in [0.5, 0.6) is 0 Å². The Morgan fingerprint density at radius 2 is 2.31 bits per heavy atom. The van der Waals surface area contributed by atoms with E-state index in [9.17, 15) is 8.42 Å². The Bertz CT molecular complexity index is 532. The summed E-state index contributed by atoms with van der Waals surface area (Å²) >= 11 is 6.73. The molecule has 0 aliphatic carbocycles. The highest BCUT2D eigenvalue weighted by atomic mass is 35.5. The monoisotopic (exact) mass is 276 g/mol. The van der Waals surface area contributed by atoms with Gasteiger partial charge in [0, 0.05) is 6.54 Å². The first-order valence-electron chi connectivity index (χ1n) is 4.72. The molecule has 1 atom stereocenters. The number of nitrogens with zero attached hydrogens (tertiary/aromatic N) is 2. The highest BCUT2D eigenvalue weighted by molar-refractivity contribution is 7.91. The summed E-state index contributed by atoms with van der Waals surface area (Å²) in [5.74, 6) is 0. The van der Waals surface area contributed by atoms with E-state index < -0.39 is 16.1 Å². The van der Waals surface area contributed by atoms with Gasteiger partial charge in [-0.2, -0.15) is 9.57 Å². The van der Waals surface area contributed by atoms with Crippen LogP contribution in [0.2, 0.25) is 4.34 Å². The molecular weight excluding hydrogens is 268 g/mol. The van der Waals surface area contributed by atoms with E-state index >= 15 is 0 Å². The van der Waals surface area contributed by atoms with Crippen LogP contribution in [0.25, 0.3) is 0 Å². The third-order valence-corrected chi connectivity index (χ3v) is 6.07. The van der Waals surface area contributed by atoms with E-state index in [-0.39, 0.29) is 4.21 Å². The molecule has 1 aromatic heterocycles. The minimum absolute atomic E-state index is 0.208. The standard InChI is InChI=1S/C9H9ClN2O2S2/c10-8-3-4-9(15-8)16(13,14)12-5-1-2-7(12)6-11/h3-4,7H,1-2,5H2.